The van der Waals surface area contributed by atoms with Crippen molar-refractivity contribution in [3.63, 3.8) is 0 Å². The van der Waals surface area contributed by atoms with Crippen molar-refractivity contribution in [2.24, 2.45) is 0 Å². The Bertz CT molecular complexity index is 593. The van der Waals surface area contributed by atoms with Gasteiger partial charge >= 0.3 is 0 Å². The zero-order valence-electron chi connectivity index (χ0n) is 11.4. The molecule has 0 aromatic heterocycles. The van der Waals surface area contributed by atoms with Crippen LogP contribution < -0.4 is 0 Å². The van der Waals surface area contributed by atoms with Crippen LogP contribution >= 0.6 is 11.6 Å². The van der Waals surface area contributed by atoms with Crippen LogP contribution in [0.1, 0.15) is 28.9 Å². The van der Waals surface area contributed by atoms with E-state index in [2.05, 4.69) is 0 Å². The van der Waals surface area contributed by atoms with Crippen LogP contribution in [0.25, 0.3) is 0 Å². The van der Waals surface area contributed by atoms with Crippen molar-refractivity contribution >= 4 is 17.5 Å². The van der Waals surface area contributed by atoms with E-state index in [1.165, 1.54) is 12.1 Å². The summed E-state index contributed by atoms with van der Waals surface area (Å²) >= 11 is 5.86. The minimum absolute atomic E-state index is 0.0615. The highest BCUT2D eigenvalue weighted by molar-refractivity contribution is 6.30. The number of aromatic hydroxyl groups is 1. The second-order valence-electron chi connectivity index (χ2n) is 4.69. The number of halogens is 1. The first-order chi connectivity index (χ1) is 9.49. The summed E-state index contributed by atoms with van der Waals surface area (Å²) in [6, 6.07) is 13.6. The predicted molar refractivity (Wildman–Crippen MR) is 80.1 cm³/mol. The Labute approximate surface area is 123 Å². The van der Waals surface area contributed by atoms with E-state index >= 15 is 0 Å². The molecule has 0 heterocycles. The summed E-state index contributed by atoms with van der Waals surface area (Å²) in [6.45, 7) is 1.96. The number of carbonyl (C=O) groups is 1. The molecule has 2 aromatic carbocycles. The van der Waals surface area contributed by atoms with E-state index in [1.54, 1.807) is 24.1 Å². The van der Waals surface area contributed by atoms with Gasteiger partial charge < -0.3 is 10.0 Å². The molecule has 0 saturated heterocycles. The molecule has 0 bridgehead atoms. The third kappa shape index (κ3) is 3.11. The molecule has 0 aliphatic heterocycles. The lowest BCUT2D eigenvalue weighted by atomic mass is 10.1. The summed E-state index contributed by atoms with van der Waals surface area (Å²) in [4.78, 5) is 14.0. The quantitative estimate of drug-likeness (QED) is 0.931. The summed E-state index contributed by atoms with van der Waals surface area (Å²) in [5.41, 5.74) is 1.56. The Kier molecular flexibility index (Phi) is 4.30. The first-order valence-electron chi connectivity index (χ1n) is 6.30. The highest BCUT2D eigenvalue weighted by atomic mass is 35.5. The summed E-state index contributed by atoms with van der Waals surface area (Å²) in [7, 11) is 1.76. The van der Waals surface area contributed by atoms with Crippen LogP contribution in [0.15, 0.2) is 48.5 Å². The van der Waals surface area contributed by atoms with Gasteiger partial charge in [-0.25, -0.2) is 0 Å². The van der Waals surface area contributed by atoms with Crippen LogP contribution in [-0.2, 0) is 0 Å². The lowest BCUT2D eigenvalue weighted by Crippen LogP contribution is -2.29. The van der Waals surface area contributed by atoms with Crippen LogP contribution in [0, 0.1) is 0 Å². The average molecular weight is 290 g/mol. The van der Waals surface area contributed by atoms with Gasteiger partial charge in [-0.15, -0.1) is 0 Å². The van der Waals surface area contributed by atoms with E-state index in [-0.39, 0.29) is 17.7 Å². The monoisotopic (exact) mass is 289 g/mol. The topological polar surface area (TPSA) is 40.5 Å². The number of carbonyl (C=O) groups excluding carboxylic acids is 1. The summed E-state index contributed by atoms with van der Waals surface area (Å²) in [5, 5.41) is 9.93. The van der Waals surface area contributed by atoms with E-state index in [0.717, 1.165) is 5.56 Å². The number of hydrogen-bond acceptors (Lipinski definition) is 2. The number of benzene rings is 2. The van der Waals surface area contributed by atoms with Crippen molar-refractivity contribution in [1.29, 1.82) is 0 Å². The van der Waals surface area contributed by atoms with Crippen LogP contribution in [0.2, 0.25) is 5.02 Å². The van der Waals surface area contributed by atoms with Crippen molar-refractivity contribution in [1.82, 2.24) is 4.90 Å². The molecule has 1 N–H and O–H groups in total. The van der Waals surface area contributed by atoms with Crippen molar-refractivity contribution in [2.45, 2.75) is 13.0 Å². The lowest BCUT2D eigenvalue weighted by molar-refractivity contribution is 0.0742. The highest BCUT2D eigenvalue weighted by Gasteiger charge is 2.18. The third-order valence-corrected chi connectivity index (χ3v) is 3.62. The van der Waals surface area contributed by atoms with E-state index in [0.29, 0.717) is 10.6 Å². The minimum Gasteiger partial charge on any atom is -0.508 e. The number of amides is 1. The molecule has 0 fully saturated rings. The van der Waals surface area contributed by atoms with Gasteiger partial charge in [0, 0.05) is 17.6 Å². The Morgan fingerprint density at radius 1 is 1.10 bits per heavy atom. The molecule has 0 aliphatic rings. The fourth-order valence-corrected chi connectivity index (χ4v) is 2.07. The fourth-order valence-electron chi connectivity index (χ4n) is 1.95. The van der Waals surface area contributed by atoms with E-state index in [4.69, 9.17) is 11.6 Å². The van der Waals surface area contributed by atoms with Crippen LogP contribution in [0.3, 0.4) is 0 Å². The SMILES string of the molecule is CC(c1ccc(Cl)cc1)N(C)C(=O)c1ccc(O)cc1. The van der Waals surface area contributed by atoms with E-state index in [9.17, 15) is 9.90 Å². The number of phenolic OH excluding ortho intramolecular Hbond substituents is 1. The first kappa shape index (κ1) is 14.4. The lowest BCUT2D eigenvalue weighted by Gasteiger charge is -2.25. The molecule has 0 spiro atoms. The molecular formula is C16H16ClNO2. The van der Waals surface area contributed by atoms with Gasteiger partial charge in [0.25, 0.3) is 5.91 Å². The normalized spacial score (nSPS) is 11.9. The van der Waals surface area contributed by atoms with Gasteiger partial charge in [-0.1, -0.05) is 23.7 Å². The molecule has 3 nitrogen and oxygen atoms in total. The second kappa shape index (κ2) is 5.97. The Balaban J connectivity index is 2.17. The maximum absolute atomic E-state index is 12.4. The average Bonchev–Trinajstić information content (AvgIpc) is 2.46. The molecule has 1 atom stereocenters. The first-order valence-corrected chi connectivity index (χ1v) is 6.68. The Morgan fingerprint density at radius 3 is 2.20 bits per heavy atom. The molecule has 1 amide bonds. The second-order valence-corrected chi connectivity index (χ2v) is 5.13. The van der Waals surface area contributed by atoms with Crippen molar-refractivity contribution < 1.29 is 9.90 Å². The van der Waals surface area contributed by atoms with Crippen LogP contribution in [0.5, 0.6) is 5.75 Å². The maximum atomic E-state index is 12.4. The minimum atomic E-state index is -0.0903. The Hall–Kier alpha value is -2.00. The molecule has 0 saturated carbocycles. The number of phenols is 1. The van der Waals surface area contributed by atoms with Crippen molar-refractivity contribution in [2.75, 3.05) is 7.05 Å². The van der Waals surface area contributed by atoms with E-state index < -0.39 is 0 Å². The fraction of sp³-hybridized carbons (Fsp3) is 0.188. The smallest absolute Gasteiger partial charge is 0.254 e. The molecular weight excluding hydrogens is 274 g/mol. The molecule has 104 valence electrons. The molecule has 2 rings (SSSR count). The van der Waals surface area contributed by atoms with Gasteiger partial charge in [-0.05, 0) is 48.9 Å². The molecule has 20 heavy (non-hydrogen) atoms. The molecule has 1 unspecified atom stereocenters. The van der Waals surface area contributed by atoms with Gasteiger partial charge in [0.2, 0.25) is 0 Å². The predicted octanol–water partition coefficient (Wildman–Crippen LogP) is 3.88. The highest BCUT2D eigenvalue weighted by Crippen LogP contribution is 2.22. The molecule has 0 radical (unpaired) electrons. The molecule has 0 aliphatic carbocycles. The van der Waals surface area contributed by atoms with Crippen LogP contribution in [-0.4, -0.2) is 23.0 Å². The van der Waals surface area contributed by atoms with Gasteiger partial charge in [0.15, 0.2) is 0 Å². The van der Waals surface area contributed by atoms with Crippen molar-refractivity contribution in [3.8, 4) is 5.75 Å². The summed E-state index contributed by atoms with van der Waals surface area (Å²) in [5.74, 6) is 0.0578. The largest absolute Gasteiger partial charge is 0.508 e. The summed E-state index contributed by atoms with van der Waals surface area (Å²) < 4.78 is 0. The zero-order valence-corrected chi connectivity index (χ0v) is 12.1. The van der Waals surface area contributed by atoms with Gasteiger partial charge in [-0.2, -0.15) is 0 Å². The van der Waals surface area contributed by atoms with Gasteiger partial charge in [-0.3, -0.25) is 4.79 Å². The number of hydrogen-bond donors (Lipinski definition) is 1. The molecule has 2 aromatic rings. The van der Waals surface area contributed by atoms with E-state index in [1.807, 2.05) is 31.2 Å². The number of nitrogens with zero attached hydrogens (tertiary/aromatic N) is 1. The standard InChI is InChI=1S/C16H16ClNO2/c1-11(12-3-7-14(17)8-4-12)18(2)16(20)13-5-9-15(19)10-6-13/h3-11,19H,1-2H3. The number of rotatable bonds is 3. The molecule has 4 heteroatoms. The van der Waals surface area contributed by atoms with Gasteiger partial charge in [0.05, 0.1) is 6.04 Å². The third-order valence-electron chi connectivity index (χ3n) is 3.37. The zero-order chi connectivity index (χ0) is 14.7. The van der Waals surface area contributed by atoms with Crippen LogP contribution in [0.4, 0.5) is 0 Å². The van der Waals surface area contributed by atoms with Gasteiger partial charge in [0.1, 0.15) is 5.75 Å². The van der Waals surface area contributed by atoms with Crippen molar-refractivity contribution in [3.05, 3.63) is 64.7 Å². The Morgan fingerprint density at radius 2 is 1.65 bits per heavy atom. The summed E-state index contributed by atoms with van der Waals surface area (Å²) in [6.07, 6.45) is 0. The maximum Gasteiger partial charge on any atom is 0.254 e.